The highest BCUT2D eigenvalue weighted by Gasteiger charge is 2.28. The second kappa shape index (κ2) is 52.8. The van der Waals surface area contributed by atoms with E-state index in [2.05, 4.69) is 69.4 Å². The predicted octanol–water partition coefficient (Wildman–Crippen LogP) is 16.6. The highest BCUT2D eigenvalue weighted by Crippen LogP contribution is 2.43. The molecule has 408 valence electrons. The van der Waals surface area contributed by atoms with Crippen molar-refractivity contribution in [2.75, 3.05) is 26.4 Å². The molecule has 12 heteroatoms. The standard InChI is InChI=1S/C58H105O11P/c1-4-7-10-13-16-19-22-24-25-26-27-28-29-31-34-37-40-43-46-49-58(62)69-55(51-65-56(60)47-44-41-38-35-32-21-18-15-12-9-6-3)53-67-70(63,64)66-52-54(50-59)68-57(61)48-45-42-39-36-33-30-23-20-17-14-11-8-5-2/h11,14-15,18,20,23-25,54-55,59H,4-10,12-13,16-17,19,21-22,26-53H2,1-3H3,(H,63,64)/b14-11-,18-15-,23-20-,25-24-. The average molecular weight is 1010 g/mol. The Morgan fingerprint density at radius 3 is 1.17 bits per heavy atom. The molecule has 0 aromatic carbocycles. The maximum atomic E-state index is 12.9. The molecule has 70 heavy (non-hydrogen) atoms. The van der Waals surface area contributed by atoms with Crippen LogP contribution in [-0.2, 0) is 42.2 Å². The minimum Gasteiger partial charge on any atom is -0.462 e. The Balaban J connectivity index is 4.68. The number of aliphatic hydroxyl groups is 1. The Bertz CT molecular complexity index is 1360. The van der Waals surface area contributed by atoms with E-state index in [0.29, 0.717) is 19.3 Å². The topological polar surface area (TPSA) is 155 Å². The van der Waals surface area contributed by atoms with Crippen LogP contribution in [0.3, 0.4) is 0 Å². The van der Waals surface area contributed by atoms with Gasteiger partial charge < -0.3 is 24.2 Å². The molecule has 0 spiro atoms. The number of hydrogen-bond donors (Lipinski definition) is 2. The van der Waals surface area contributed by atoms with Crippen molar-refractivity contribution in [2.24, 2.45) is 0 Å². The lowest BCUT2D eigenvalue weighted by atomic mass is 10.1. The molecule has 3 unspecified atom stereocenters. The van der Waals surface area contributed by atoms with Crippen LogP contribution < -0.4 is 0 Å². The van der Waals surface area contributed by atoms with Gasteiger partial charge >= 0.3 is 25.7 Å². The van der Waals surface area contributed by atoms with Crippen molar-refractivity contribution in [1.82, 2.24) is 0 Å². The summed E-state index contributed by atoms with van der Waals surface area (Å²) in [5, 5.41) is 9.79. The van der Waals surface area contributed by atoms with Gasteiger partial charge in [0.25, 0.3) is 0 Å². The first-order valence-corrected chi connectivity index (χ1v) is 30.0. The predicted molar refractivity (Wildman–Crippen MR) is 289 cm³/mol. The van der Waals surface area contributed by atoms with E-state index in [4.69, 9.17) is 23.3 Å². The SMILES string of the molecule is CCC/C=C\C/C=C\CCCCCCCC(=O)OC(CO)COP(=O)(O)OCC(COC(=O)CCCCCCC/C=C\CCCC)OC(=O)CCCCCCCCCCC/C=C\CCCCCCCC. The van der Waals surface area contributed by atoms with Gasteiger partial charge in [-0.25, -0.2) is 4.57 Å². The van der Waals surface area contributed by atoms with Crippen LogP contribution in [-0.4, -0.2) is 66.5 Å². The molecule has 0 aliphatic carbocycles. The molecule has 0 saturated carbocycles. The lowest BCUT2D eigenvalue weighted by molar-refractivity contribution is -0.161. The van der Waals surface area contributed by atoms with Crippen molar-refractivity contribution in [3.63, 3.8) is 0 Å². The third kappa shape index (κ3) is 50.4. The van der Waals surface area contributed by atoms with E-state index < -0.39 is 57.8 Å². The first kappa shape index (κ1) is 67.4. The zero-order chi connectivity index (χ0) is 51.3. The van der Waals surface area contributed by atoms with E-state index in [-0.39, 0.29) is 25.9 Å². The lowest BCUT2D eigenvalue weighted by Gasteiger charge is -2.21. The molecule has 0 fully saturated rings. The number of hydrogen-bond acceptors (Lipinski definition) is 10. The summed E-state index contributed by atoms with van der Waals surface area (Å²) in [6, 6.07) is 0. The molecular formula is C58H105O11P. The number of unbranched alkanes of at least 4 members (excludes halogenated alkanes) is 28. The van der Waals surface area contributed by atoms with E-state index in [0.717, 1.165) is 103 Å². The third-order valence-corrected chi connectivity index (χ3v) is 13.1. The summed E-state index contributed by atoms with van der Waals surface area (Å²) < 4.78 is 39.4. The maximum Gasteiger partial charge on any atom is 0.472 e. The molecule has 0 heterocycles. The van der Waals surface area contributed by atoms with Gasteiger partial charge in [0.2, 0.25) is 0 Å². The molecule has 0 aliphatic heterocycles. The van der Waals surface area contributed by atoms with Gasteiger partial charge in [-0.05, 0) is 89.9 Å². The number of phosphoric acid groups is 1. The second-order valence-electron chi connectivity index (χ2n) is 19.1. The number of carbonyl (C=O) groups is 3. The van der Waals surface area contributed by atoms with Crippen LogP contribution in [0.4, 0.5) is 0 Å². The highest BCUT2D eigenvalue weighted by atomic mass is 31.2. The van der Waals surface area contributed by atoms with Crippen LogP contribution in [0.1, 0.15) is 265 Å². The summed E-state index contributed by atoms with van der Waals surface area (Å²) in [4.78, 5) is 48.4. The van der Waals surface area contributed by atoms with Gasteiger partial charge in [0.05, 0.1) is 19.8 Å². The first-order valence-electron chi connectivity index (χ1n) is 28.5. The smallest absolute Gasteiger partial charge is 0.462 e. The van der Waals surface area contributed by atoms with Crippen LogP contribution in [0.5, 0.6) is 0 Å². The molecule has 11 nitrogen and oxygen atoms in total. The molecule has 0 saturated heterocycles. The normalized spacial score (nSPS) is 13.7. The van der Waals surface area contributed by atoms with Gasteiger partial charge in [-0.15, -0.1) is 0 Å². The molecule has 0 aromatic rings. The van der Waals surface area contributed by atoms with E-state index in [9.17, 15) is 28.9 Å². The first-order chi connectivity index (χ1) is 34.2. The molecule has 0 aliphatic rings. The quantitative estimate of drug-likeness (QED) is 0.0197. The lowest BCUT2D eigenvalue weighted by Crippen LogP contribution is -2.30. The minimum absolute atomic E-state index is 0.161. The molecule has 0 rings (SSSR count). The molecule has 0 aromatic heterocycles. The van der Waals surface area contributed by atoms with Gasteiger partial charge in [0.15, 0.2) is 6.10 Å². The number of esters is 3. The van der Waals surface area contributed by atoms with Crippen molar-refractivity contribution >= 4 is 25.7 Å². The van der Waals surface area contributed by atoms with E-state index in [1.165, 1.54) is 103 Å². The number of aliphatic hydroxyl groups excluding tert-OH is 1. The molecule has 0 bridgehead atoms. The Morgan fingerprint density at radius 2 is 0.743 bits per heavy atom. The summed E-state index contributed by atoms with van der Waals surface area (Å²) in [6.45, 7) is 4.53. The fraction of sp³-hybridized carbons (Fsp3) is 0.810. The van der Waals surface area contributed by atoms with Crippen molar-refractivity contribution in [1.29, 1.82) is 0 Å². The van der Waals surface area contributed by atoms with Crippen LogP contribution in [0.2, 0.25) is 0 Å². The van der Waals surface area contributed by atoms with Gasteiger partial charge in [0, 0.05) is 19.3 Å². The summed E-state index contributed by atoms with van der Waals surface area (Å²) in [6.07, 6.45) is 55.0. The zero-order valence-electron chi connectivity index (χ0n) is 45.0. The minimum atomic E-state index is -4.75. The Hall–Kier alpha value is -2.56. The summed E-state index contributed by atoms with van der Waals surface area (Å²) in [5.41, 5.74) is 0. The summed E-state index contributed by atoms with van der Waals surface area (Å²) in [5.74, 6) is -1.48. The Labute approximate surface area is 428 Å². The van der Waals surface area contributed by atoms with Crippen molar-refractivity contribution in [2.45, 2.75) is 277 Å². The van der Waals surface area contributed by atoms with Gasteiger partial charge in [-0.2, -0.15) is 0 Å². The van der Waals surface area contributed by atoms with Crippen molar-refractivity contribution in [3.8, 4) is 0 Å². The van der Waals surface area contributed by atoms with Crippen molar-refractivity contribution < 1.29 is 52.2 Å². The fourth-order valence-electron chi connectivity index (χ4n) is 7.78. The monoisotopic (exact) mass is 1010 g/mol. The van der Waals surface area contributed by atoms with Crippen LogP contribution in [0.25, 0.3) is 0 Å². The third-order valence-electron chi connectivity index (χ3n) is 12.2. The number of phosphoric ester groups is 1. The van der Waals surface area contributed by atoms with Crippen LogP contribution in [0, 0.1) is 0 Å². The van der Waals surface area contributed by atoms with E-state index in [1.807, 2.05) is 0 Å². The highest BCUT2D eigenvalue weighted by molar-refractivity contribution is 7.47. The van der Waals surface area contributed by atoms with Crippen LogP contribution in [0.15, 0.2) is 48.6 Å². The molecular weight excluding hydrogens is 904 g/mol. The Kier molecular flexibility index (Phi) is 50.8. The van der Waals surface area contributed by atoms with Gasteiger partial charge in [-0.1, -0.05) is 204 Å². The molecule has 3 atom stereocenters. The van der Waals surface area contributed by atoms with Crippen LogP contribution >= 0.6 is 7.82 Å². The second-order valence-corrected chi connectivity index (χ2v) is 20.5. The summed E-state index contributed by atoms with van der Waals surface area (Å²) >= 11 is 0. The number of carbonyl (C=O) groups excluding carboxylic acids is 3. The summed E-state index contributed by atoms with van der Waals surface area (Å²) in [7, 11) is -4.75. The van der Waals surface area contributed by atoms with Gasteiger partial charge in [-0.3, -0.25) is 23.4 Å². The molecule has 0 radical (unpaired) electrons. The van der Waals surface area contributed by atoms with Gasteiger partial charge in [0.1, 0.15) is 12.7 Å². The Morgan fingerprint density at radius 1 is 0.400 bits per heavy atom. The number of ether oxygens (including phenoxy) is 3. The molecule has 2 N–H and O–H groups in total. The largest absolute Gasteiger partial charge is 0.472 e. The molecule has 0 amide bonds. The average Bonchev–Trinajstić information content (AvgIpc) is 3.35. The van der Waals surface area contributed by atoms with Crippen molar-refractivity contribution in [3.05, 3.63) is 48.6 Å². The fourth-order valence-corrected chi connectivity index (χ4v) is 8.57. The van der Waals surface area contributed by atoms with E-state index in [1.54, 1.807) is 0 Å². The number of rotatable bonds is 53. The zero-order valence-corrected chi connectivity index (χ0v) is 45.9. The number of allylic oxidation sites excluding steroid dienone is 8. The maximum absolute atomic E-state index is 12.9. The van der Waals surface area contributed by atoms with E-state index >= 15 is 0 Å².